The number of aryl methyl sites for hydroxylation is 2. The molecule has 2 aromatic heterocycles. The van der Waals surface area contributed by atoms with Gasteiger partial charge in [0.05, 0.1) is 11.7 Å². The van der Waals surface area contributed by atoms with Gasteiger partial charge in [-0.2, -0.15) is 5.10 Å². The van der Waals surface area contributed by atoms with Gasteiger partial charge in [0.15, 0.2) is 0 Å². The Morgan fingerprint density at radius 3 is 2.71 bits per heavy atom. The number of rotatable bonds is 3. The van der Waals surface area contributed by atoms with Gasteiger partial charge in [-0.25, -0.2) is 0 Å². The van der Waals surface area contributed by atoms with Crippen molar-refractivity contribution in [2.24, 2.45) is 13.0 Å². The van der Waals surface area contributed by atoms with Gasteiger partial charge in [0.1, 0.15) is 5.65 Å². The second-order valence-corrected chi connectivity index (χ2v) is 7.90. The zero-order chi connectivity index (χ0) is 16.8. The van der Waals surface area contributed by atoms with Gasteiger partial charge in [0, 0.05) is 24.5 Å². The molecule has 1 aliphatic heterocycles. The lowest BCUT2D eigenvalue weighted by molar-refractivity contribution is 0.225. The molecule has 2 aliphatic rings. The Hall–Kier alpha value is -1.62. The number of nitrogens with zero attached hydrogens (tertiary/aromatic N) is 3. The van der Waals surface area contributed by atoms with Crippen LogP contribution in [-0.2, 0) is 19.9 Å². The molecule has 0 bridgehead atoms. The Morgan fingerprint density at radius 2 is 1.96 bits per heavy atom. The van der Waals surface area contributed by atoms with Crippen molar-refractivity contribution in [3.05, 3.63) is 27.2 Å². The summed E-state index contributed by atoms with van der Waals surface area (Å²) in [5.41, 5.74) is 4.49. The molecule has 0 aromatic carbocycles. The number of H-pyrrole nitrogens is 1. The first-order chi connectivity index (χ1) is 11.6. The average molecular weight is 328 g/mol. The molecule has 0 saturated carbocycles. The summed E-state index contributed by atoms with van der Waals surface area (Å²) in [6.45, 7) is 6.84. The molecular weight excluding hydrogens is 300 g/mol. The molecule has 5 nitrogen and oxygen atoms in total. The van der Waals surface area contributed by atoms with E-state index in [0.29, 0.717) is 12.0 Å². The van der Waals surface area contributed by atoms with Crippen LogP contribution >= 0.6 is 0 Å². The van der Waals surface area contributed by atoms with Crippen LogP contribution in [0, 0.1) is 5.92 Å². The van der Waals surface area contributed by atoms with Crippen molar-refractivity contribution in [3.8, 4) is 0 Å². The third-order valence-corrected chi connectivity index (χ3v) is 5.63. The van der Waals surface area contributed by atoms with E-state index in [2.05, 4.69) is 23.7 Å². The molecule has 0 radical (unpaired) electrons. The molecule has 0 spiro atoms. The van der Waals surface area contributed by atoms with Crippen molar-refractivity contribution >= 4 is 11.0 Å². The van der Waals surface area contributed by atoms with E-state index in [0.717, 1.165) is 43.6 Å². The van der Waals surface area contributed by atoms with Gasteiger partial charge >= 0.3 is 0 Å². The second kappa shape index (κ2) is 6.03. The van der Waals surface area contributed by atoms with Crippen molar-refractivity contribution in [1.82, 2.24) is 19.7 Å². The predicted octanol–water partition coefficient (Wildman–Crippen LogP) is 2.93. The second-order valence-electron chi connectivity index (χ2n) is 7.90. The van der Waals surface area contributed by atoms with Gasteiger partial charge in [-0.3, -0.25) is 14.4 Å². The summed E-state index contributed by atoms with van der Waals surface area (Å²) in [7, 11) is 1.96. The minimum absolute atomic E-state index is 0.0946. The van der Waals surface area contributed by atoms with Gasteiger partial charge < -0.3 is 4.98 Å². The number of pyridine rings is 1. The lowest BCUT2D eigenvalue weighted by atomic mass is 9.89. The van der Waals surface area contributed by atoms with Crippen LogP contribution in [0.4, 0.5) is 0 Å². The maximum Gasteiger partial charge on any atom is 0.253 e. The van der Waals surface area contributed by atoms with Crippen molar-refractivity contribution < 1.29 is 0 Å². The fourth-order valence-corrected chi connectivity index (χ4v) is 4.66. The maximum atomic E-state index is 12.5. The van der Waals surface area contributed by atoms with Crippen LogP contribution < -0.4 is 5.56 Å². The molecular formula is C19H28N4O. The number of likely N-dealkylation sites (tertiary alicyclic amines) is 1. The van der Waals surface area contributed by atoms with E-state index >= 15 is 0 Å². The van der Waals surface area contributed by atoms with E-state index in [1.165, 1.54) is 35.9 Å². The Balaban J connectivity index is 1.88. The maximum absolute atomic E-state index is 12.5. The highest BCUT2D eigenvalue weighted by Crippen LogP contribution is 2.37. The van der Waals surface area contributed by atoms with Crippen molar-refractivity contribution in [2.75, 3.05) is 13.1 Å². The molecule has 5 heteroatoms. The minimum atomic E-state index is 0.0946. The highest BCUT2D eigenvalue weighted by Gasteiger charge is 2.32. The van der Waals surface area contributed by atoms with Gasteiger partial charge in [0.2, 0.25) is 0 Å². The van der Waals surface area contributed by atoms with Crippen molar-refractivity contribution in [3.63, 3.8) is 0 Å². The number of hydrogen-bond donors (Lipinski definition) is 1. The number of hydrogen-bond acceptors (Lipinski definition) is 3. The Bertz CT molecular complexity index is 817. The Labute approximate surface area is 143 Å². The standard InChI is InChI=1S/C19H28N4O/c1-12(2)11-23-10-6-9-15(23)17-16-13-7-4-5-8-14(13)19(24)20-18(16)22(3)21-17/h12,15H,4-11H2,1-3H3,(H,20,24). The quantitative estimate of drug-likeness (QED) is 0.942. The van der Waals surface area contributed by atoms with Gasteiger partial charge in [0.25, 0.3) is 5.56 Å². The summed E-state index contributed by atoms with van der Waals surface area (Å²) in [4.78, 5) is 18.2. The van der Waals surface area contributed by atoms with Crippen LogP contribution in [0.25, 0.3) is 11.0 Å². The molecule has 1 saturated heterocycles. The summed E-state index contributed by atoms with van der Waals surface area (Å²) in [5.74, 6) is 0.661. The van der Waals surface area contributed by atoms with E-state index in [1.807, 2.05) is 11.7 Å². The average Bonchev–Trinajstić information content (AvgIpc) is 3.12. The molecule has 3 heterocycles. The van der Waals surface area contributed by atoms with E-state index in [-0.39, 0.29) is 5.56 Å². The van der Waals surface area contributed by atoms with Crippen LogP contribution in [0.1, 0.15) is 62.4 Å². The first-order valence-corrected chi connectivity index (χ1v) is 9.41. The summed E-state index contributed by atoms with van der Waals surface area (Å²) in [5, 5.41) is 6.13. The molecule has 130 valence electrons. The molecule has 1 fully saturated rings. The van der Waals surface area contributed by atoms with Gasteiger partial charge in [-0.05, 0) is 56.6 Å². The first kappa shape index (κ1) is 15.9. The lowest BCUT2D eigenvalue weighted by Gasteiger charge is -2.26. The SMILES string of the molecule is CC(C)CN1CCCC1c1nn(C)c2[nH]c(=O)c3c(c12)CCCC3. The van der Waals surface area contributed by atoms with Crippen LogP contribution in [0.3, 0.4) is 0 Å². The molecule has 1 N–H and O–H groups in total. The molecule has 1 unspecified atom stereocenters. The Kier molecular flexibility index (Phi) is 3.99. The summed E-state index contributed by atoms with van der Waals surface area (Å²) < 4.78 is 1.88. The van der Waals surface area contributed by atoms with Gasteiger partial charge in [-0.1, -0.05) is 13.8 Å². The fraction of sp³-hybridized carbons (Fsp3) is 0.684. The third-order valence-electron chi connectivity index (χ3n) is 5.63. The number of aromatic nitrogens is 3. The lowest BCUT2D eigenvalue weighted by Crippen LogP contribution is -2.28. The van der Waals surface area contributed by atoms with E-state index in [9.17, 15) is 4.79 Å². The van der Waals surface area contributed by atoms with E-state index in [1.54, 1.807) is 0 Å². The van der Waals surface area contributed by atoms with Crippen molar-refractivity contribution in [2.45, 2.75) is 58.4 Å². The molecule has 1 aliphatic carbocycles. The molecule has 4 rings (SSSR count). The zero-order valence-electron chi connectivity index (χ0n) is 15.1. The number of fused-ring (bicyclic) bond motifs is 3. The molecule has 2 aromatic rings. The highest BCUT2D eigenvalue weighted by molar-refractivity contribution is 5.84. The summed E-state index contributed by atoms with van der Waals surface area (Å²) in [6.07, 6.45) is 6.65. The van der Waals surface area contributed by atoms with Crippen molar-refractivity contribution in [1.29, 1.82) is 0 Å². The third kappa shape index (κ3) is 2.50. The van der Waals surface area contributed by atoms with Gasteiger partial charge in [-0.15, -0.1) is 0 Å². The summed E-state index contributed by atoms with van der Waals surface area (Å²) >= 11 is 0. The van der Waals surface area contributed by atoms with E-state index in [4.69, 9.17) is 5.10 Å². The smallest absolute Gasteiger partial charge is 0.253 e. The number of nitrogens with one attached hydrogen (secondary N) is 1. The molecule has 24 heavy (non-hydrogen) atoms. The topological polar surface area (TPSA) is 53.9 Å². The highest BCUT2D eigenvalue weighted by atomic mass is 16.1. The van der Waals surface area contributed by atoms with Crippen LogP contribution in [0.15, 0.2) is 4.79 Å². The largest absolute Gasteiger partial charge is 0.307 e. The fourth-order valence-electron chi connectivity index (χ4n) is 4.66. The first-order valence-electron chi connectivity index (χ1n) is 9.41. The molecule has 1 atom stereocenters. The zero-order valence-corrected chi connectivity index (χ0v) is 15.1. The monoisotopic (exact) mass is 328 g/mol. The summed E-state index contributed by atoms with van der Waals surface area (Å²) in [6, 6.07) is 0.396. The van der Waals surface area contributed by atoms with Crippen LogP contribution in [0.5, 0.6) is 0 Å². The number of aromatic amines is 1. The molecule has 0 amide bonds. The minimum Gasteiger partial charge on any atom is -0.307 e. The Morgan fingerprint density at radius 1 is 1.21 bits per heavy atom. The normalized spacial score (nSPS) is 21.8. The van der Waals surface area contributed by atoms with Crippen LogP contribution in [0.2, 0.25) is 0 Å². The van der Waals surface area contributed by atoms with Crippen LogP contribution in [-0.4, -0.2) is 32.8 Å². The van der Waals surface area contributed by atoms with E-state index < -0.39 is 0 Å². The predicted molar refractivity (Wildman–Crippen MR) is 96.4 cm³/mol.